The minimum absolute atomic E-state index is 0.557. The van der Waals surface area contributed by atoms with Gasteiger partial charge in [-0.05, 0) is 41.7 Å². The van der Waals surface area contributed by atoms with Crippen LogP contribution in [0.5, 0.6) is 5.75 Å². The summed E-state index contributed by atoms with van der Waals surface area (Å²) in [5.41, 5.74) is 2.09. The molecule has 0 saturated carbocycles. The van der Waals surface area contributed by atoms with Crippen molar-refractivity contribution in [1.82, 2.24) is 0 Å². The first-order chi connectivity index (χ1) is 9.15. The predicted octanol–water partition coefficient (Wildman–Crippen LogP) is 3.53. The largest absolute Gasteiger partial charge is 0.495 e. The number of ether oxygens (including phenoxy) is 1. The number of hydrogen-bond acceptors (Lipinski definition) is 2. The first-order valence-corrected chi connectivity index (χ1v) is 6.68. The van der Waals surface area contributed by atoms with E-state index in [0.29, 0.717) is 17.2 Å². The molecule has 98 valence electrons. The SMILES string of the molecule is COc1cc(C2(O)CCc3ccccc32)ccc1Cl. The molecule has 0 radical (unpaired) electrons. The van der Waals surface area contributed by atoms with Crippen molar-refractivity contribution >= 4 is 11.6 Å². The van der Waals surface area contributed by atoms with E-state index in [1.165, 1.54) is 5.56 Å². The molecule has 1 aliphatic rings. The van der Waals surface area contributed by atoms with Crippen LogP contribution in [-0.4, -0.2) is 12.2 Å². The maximum Gasteiger partial charge on any atom is 0.137 e. The molecular formula is C16H15ClO2. The van der Waals surface area contributed by atoms with Crippen LogP contribution in [0.3, 0.4) is 0 Å². The maximum atomic E-state index is 11.0. The van der Waals surface area contributed by atoms with Crippen LogP contribution in [0.4, 0.5) is 0 Å². The fourth-order valence-electron chi connectivity index (χ4n) is 2.81. The van der Waals surface area contributed by atoms with Gasteiger partial charge in [-0.15, -0.1) is 0 Å². The summed E-state index contributed by atoms with van der Waals surface area (Å²) in [6, 6.07) is 13.5. The van der Waals surface area contributed by atoms with Crippen LogP contribution < -0.4 is 4.74 Å². The third-order valence-electron chi connectivity index (χ3n) is 3.85. The number of fused-ring (bicyclic) bond motifs is 1. The van der Waals surface area contributed by atoms with Crippen molar-refractivity contribution in [3.8, 4) is 5.75 Å². The zero-order chi connectivity index (χ0) is 13.5. The number of methoxy groups -OCH3 is 1. The number of hydrogen-bond donors (Lipinski definition) is 1. The van der Waals surface area contributed by atoms with Gasteiger partial charge in [-0.2, -0.15) is 0 Å². The Bertz CT molecular complexity index is 624. The lowest BCUT2D eigenvalue weighted by Gasteiger charge is -2.25. The average Bonchev–Trinajstić information content (AvgIpc) is 2.79. The van der Waals surface area contributed by atoms with E-state index >= 15 is 0 Å². The molecule has 1 aliphatic carbocycles. The van der Waals surface area contributed by atoms with Crippen molar-refractivity contribution in [2.45, 2.75) is 18.4 Å². The fraction of sp³-hybridized carbons (Fsp3) is 0.250. The van der Waals surface area contributed by atoms with Gasteiger partial charge in [0, 0.05) is 0 Å². The third kappa shape index (κ3) is 1.92. The summed E-state index contributed by atoms with van der Waals surface area (Å²) in [6.45, 7) is 0. The van der Waals surface area contributed by atoms with Crippen LogP contribution in [0.25, 0.3) is 0 Å². The number of aryl methyl sites for hydroxylation is 1. The Morgan fingerprint density at radius 1 is 1.21 bits per heavy atom. The molecule has 1 unspecified atom stereocenters. The summed E-state index contributed by atoms with van der Waals surface area (Å²) in [7, 11) is 1.58. The smallest absolute Gasteiger partial charge is 0.137 e. The predicted molar refractivity (Wildman–Crippen MR) is 75.8 cm³/mol. The molecule has 0 aromatic heterocycles. The first-order valence-electron chi connectivity index (χ1n) is 6.30. The van der Waals surface area contributed by atoms with Gasteiger partial charge in [0.2, 0.25) is 0 Å². The molecule has 0 aliphatic heterocycles. The molecule has 2 nitrogen and oxygen atoms in total. The summed E-state index contributed by atoms with van der Waals surface area (Å²) < 4.78 is 5.24. The molecule has 19 heavy (non-hydrogen) atoms. The molecular weight excluding hydrogens is 260 g/mol. The Morgan fingerprint density at radius 3 is 2.79 bits per heavy atom. The van der Waals surface area contributed by atoms with Gasteiger partial charge in [-0.1, -0.05) is 41.9 Å². The summed E-state index contributed by atoms with van der Waals surface area (Å²) in [4.78, 5) is 0. The number of aliphatic hydroxyl groups is 1. The molecule has 0 amide bonds. The van der Waals surface area contributed by atoms with E-state index in [2.05, 4.69) is 6.07 Å². The van der Waals surface area contributed by atoms with Gasteiger partial charge >= 0.3 is 0 Å². The van der Waals surface area contributed by atoms with Crippen molar-refractivity contribution in [2.75, 3.05) is 7.11 Å². The van der Waals surface area contributed by atoms with Crippen molar-refractivity contribution in [3.63, 3.8) is 0 Å². The van der Waals surface area contributed by atoms with Crippen LogP contribution in [0, 0.1) is 0 Å². The fourth-order valence-corrected chi connectivity index (χ4v) is 3.00. The standard InChI is InChI=1S/C16H15ClO2/c1-19-15-10-12(6-7-14(15)17)16(18)9-8-11-4-2-3-5-13(11)16/h2-7,10,18H,8-9H2,1H3. The Kier molecular flexibility index (Phi) is 3.00. The van der Waals surface area contributed by atoms with Crippen molar-refractivity contribution in [2.24, 2.45) is 0 Å². The molecule has 0 bridgehead atoms. The van der Waals surface area contributed by atoms with E-state index in [-0.39, 0.29) is 0 Å². The highest BCUT2D eigenvalue weighted by molar-refractivity contribution is 6.32. The van der Waals surface area contributed by atoms with Crippen molar-refractivity contribution < 1.29 is 9.84 Å². The first kappa shape index (κ1) is 12.5. The van der Waals surface area contributed by atoms with Gasteiger partial charge < -0.3 is 9.84 Å². The van der Waals surface area contributed by atoms with Crippen LogP contribution in [0.15, 0.2) is 42.5 Å². The van der Waals surface area contributed by atoms with Crippen LogP contribution in [0.2, 0.25) is 5.02 Å². The quantitative estimate of drug-likeness (QED) is 0.908. The van der Waals surface area contributed by atoms with E-state index in [1.807, 2.05) is 30.3 Å². The highest BCUT2D eigenvalue weighted by Gasteiger charge is 2.38. The molecule has 3 heteroatoms. The van der Waals surface area contributed by atoms with E-state index < -0.39 is 5.60 Å². The summed E-state index contributed by atoms with van der Waals surface area (Å²) in [5.74, 6) is 0.594. The molecule has 0 heterocycles. The van der Waals surface area contributed by atoms with Gasteiger partial charge in [0.1, 0.15) is 11.4 Å². The second-order valence-corrected chi connectivity index (χ2v) is 5.27. The minimum Gasteiger partial charge on any atom is -0.495 e. The topological polar surface area (TPSA) is 29.5 Å². The second-order valence-electron chi connectivity index (χ2n) is 4.87. The van der Waals surface area contributed by atoms with Crippen molar-refractivity contribution in [3.05, 3.63) is 64.2 Å². The summed E-state index contributed by atoms with van der Waals surface area (Å²) in [5, 5.41) is 11.6. The molecule has 1 atom stereocenters. The molecule has 0 saturated heterocycles. The van der Waals surface area contributed by atoms with Crippen LogP contribution >= 0.6 is 11.6 Å². The lowest BCUT2D eigenvalue weighted by Crippen LogP contribution is -2.23. The van der Waals surface area contributed by atoms with Crippen LogP contribution in [0.1, 0.15) is 23.1 Å². The normalized spacial score (nSPS) is 21.2. The maximum absolute atomic E-state index is 11.0. The molecule has 2 aromatic carbocycles. The van der Waals surface area contributed by atoms with Gasteiger partial charge in [0.25, 0.3) is 0 Å². The molecule has 0 fully saturated rings. The zero-order valence-electron chi connectivity index (χ0n) is 10.7. The lowest BCUT2D eigenvalue weighted by atomic mass is 9.88. The second kappa shape index (κ2) is 4.55. The molecule has 0 spiro atoms. The Hall–Kier alpha value is -1.51. The zero-order valence-corrected chi connectivity index (χ0v) is 11.4. The highest BCUT2D eigenvalue weighted by atomic mass is 35.5. The third-order valence-corrected chi connectivity index (χ3v) is 4.16. The van der Waals surface area contributed by atoms with E-state index in [4.69, 9.17) is 16.3 Å². The van der Waals surface area contributed by atoms with Gasteiger partial charge in [-0.25, -0.2) is 0 Å². The number of benzene rings is 2. The highest BCUT2D eigenvalue weighted by Crippen LogP contribution is 2.43. The van der Waals surface area contributed by atoms with Gasteiger partial charge in [0.15, 0.2) is 0 Å². The number of halogens is 1. The average molecular weight is 275 g/mol. The number of rotatable bonds is 2. The van der Waals surface area contributed by atoms with E-state index in [1.54, 1.807) is 13.2 Å². The molecule has 2 aromatic rings. The van der Waals surface area contributed by atoms with Gasteiger partial charge in [-0.3, -0.25) is 0 Å². The summed E-state index contributed by atoms with van der Waals surface area (Å²) >= 11 is 6.04. The monoisotopic (exact) mass is 274 g/mol. The van der Waals surface area contributed by atoms with Gasteiger partial charge in [0.05, 0.1) is 12.1 Å². The summed E-state index contributed by atoms with van der Waals surface area (Å²) in [6.07, 6.45) is 1.58. The Labute approximate surface area is 117 Å². The molecule has 3 rings (SSSR count). The van der Waals surface area contributed by atoms with E-state index in [9.17, 15) is 5.11 Å². The van der Waals surface area contributed by atoms with Crippen molar-refractivity contribution in [1.29, 1.82) is 0 Å². The Morgan fingerprint density at radius 2 is 2.00 bits per heavy atom. The lowest BCUT2D eigenvalue weighted by molar-refractivity contribution is 0.0827. The molecule has 1 N–H and O–H groups in total. The minimum atomic E-state index is -0.936. The van der Waals surface area contributed by atoms with E-state index in [0.717, 1.165) is 17.5 Å². The Balaban J connectivity index is 2.12. The van der Waals surface area contributed by atoms with Crippen LogP contribution in [-0.2, 0) is 12.0 Å².